The number of rotatable bonds is 4. The molecule has 0 radical (unpaired) electrons. The fourth-order valence-corrected chi connectivity index (χ4v) is 4.02. The van der Waals surface area contributed by atoms with Gasteiger partial charge in [-0.2, -0.15) is 5.26 Å². The van der Waals surface area contributed by atoms with E-state index in [1.807, 2.05) is 43.3 Å². The van der Waals surface area contributed by atoms with Crippen LogP contribution in [0.25, 0.3) is 11.3 Å². The van der Waals surface area contributed by atoms with Crippen molar-refractivity contribution in [2.45, 2.75) is 12.8 Å². The maximum atomic E-state index is 12.6. The van der Waals surface area contributed by atoms with Gasteiger partial charge in [-0.3, -0.25) is 5.10 Å². The van der Waals surface area contributed by atoms with Crippen LogP contribution in [0.3, 0.4) is 0 Å². The first kappa shape index (κ1) is 21.0. The quantitative estimate of drug-likeness (QED) is 0.342. The maximum Gasteiger partial charge on any atom is 0.343 e. The molecule has 1 aliphatic heterocycles. The topological polar surface area (TPSA) is 114 Å². The molecule has 0 saturated heterocycles. The molecular formula is C27H20N4O3. The van der Waals surface area contributed by atoms with Crippen molar-refractivity contribution in [1.29, 1.82) is 5.26 Å². The number of benzene rings is 3. The lowest BCUT2D eigenvalue weighted by Gasteiger charge is -2.24. The van der Waals surface area contributed by atoms with Gasteiger partial charge in [0.2, 0.25) is 11.8 Å². The molecule has 4 aromatic rings. The van der Waals surface area contributed by atoms with Crippen molar-refractivity contribution in [2.75, 3.05) is 0 Å². The standard InChI is InChI=1S/C27H20N4O3/c1-16-10-12-17(13-11-16)24-23-22(21(15-28)25(29)34-26(23)31-30-24)19-8-5-9-20(14-19)33-27(32)18-6-3-2-4-7-18/h2-14,22H,29H2,1H3,(H,30,31)/t22-/m0/s1. The van der Waals surface area contributed by atoms with Crippen LogP contribution < -0.4 is 15.2 Å². The monoisotopic (exact) mass is 448 g/mol. The third kappa shape index (κ3) is 3.78. The number of carbonyl (C=O) groups is 1. The minimum absolute atomic E-state index is 0.00589. The van der Waals surface area contributed by atoms with Crippen molar-refractivity contribution in [2.24, 2.45) is 5.73 Å². The molecule has 0 fully saturated rings. The molecule has 3 N–H and O–H groups in total. The van der Waals surface area contributed by atoms with Crippen LogP contribution in [-0.2, 0) is 0 Å². The van der Waals surface area contributed by atoms with Crippen molar-refractivity contribution in [3.05, 3.63) is 113 Å². The van der Waals surface area contributed by atoms with E-state index in [0.29, 0.717) is 22.8 Å². The zero-order chi connectivity index (χ0) is 23.7. The van der Waals surface area contributed by atoms with Gasteiger partial charge in [0.15, 0.2) is 0 Å². The number of H-pyrrole nitrogens is 1. The molecule has 0 unspecified atom stereocenters. The molecule has 0 bridgehead atoms. The van der Waals surface area contributed by atoms with Gasteiger partial charge in [0.25, 0.3) is 0 Å². The zero-order valence-electron chi connectivity index (χ0n) is 18.3. The number of carbonyl (C=O) groups excluding carboxylic acids is 1. The van der Waals surface area contributed by atoms with E-state index in [9.17, 15) is 10.1 Å². The number of nitrogens with two attached hydrogens (primary N) is 1. The number of aromatic amines is 1. The summed E-state index contributed by atoms with van der Waals surface area (Å²) < 4.78 is 11.3. The number of nitriles is 1. The molecule has 0 spiro atoms. The van der Waals surface area contributed by atoms with Crippen LogP contribution in [0.15, 0.2) is 90.3 Å². The van der Waals surface area contributed by atoms with Crippen molar-refractivity contribution < 1.29 is 14.3 Å². The number of esters is 1. The summed E-state index contributed by atoms with van der Waals surface area (Å²) in [5.74, 6) is -0.364. The van der Waals surface area contributed by atoms with Gasteiger partial charge in [-0.15, -0.1) is 5.10 Å². The molecule has 7 heteroatoms. The van der Waals surface area contributed by atoms with Crippen LogP contribution in [0.1, 0.15) is 33.0 Å². The molecule has 2 heterocycles. The second-order valence-electron chi connectivity index (χ2n) is 7.94. The van der Waals surface area contributed by atoms with E-state index in [-0.39, 0.29) is 11.5 Å². The van der Waals surface area contributed by atoms with Crippen molar-refractivity contribution in [3.63, 3.8) is 0 Å². The summed E-state index contributed by atoms with van der Waals surface area (Å²) in [6.45, 7) is 2.01. The predicted molar refractivity (Wildman–Crippen MR) is 126 cm³/mol. The summed E-state index contributed by atoms with van der Waals surface area (Å²) >= 11 is 0. The molecular weight excluding hydrogens is 428 g/mol. The summed E-state index contributed by atoms with van der Waals surface area (Å²) in [6.07, 6.45) is 0. The van der Waals surface area contributed by atoms with Crippen molar-refractivity contribution in [3.8, 4) is 29.0 Å². The van der Waals surface area contributed by atoms with Gasteiger partial charge in [0.05, 0.1) is 22.7 Å². The van der Waals surface area contributed by atoms with E-state index in [1.165, 1.54) is 0 Å². The van der Waals surface area contributed by atoms with E-state index in [1.54, 1.807) is 42.5 Å². The molecule has 0 aliphatic carbocycles. The lowest BCUT2D eigenvalue weighted by Crippen LogP contribution is -2.21. The molecule has 7 nitrogen and oxygen atoms in total. The summed E-state index contributed by atoms with van der Waals surface area (Å²) in [5.41, 5.74) is 11.0. The van der Waals surface area contributed by atoms with E-state index in [0.717, 1.165) is 22.4 Å². The molecule has 1 aliphatic rings. The van der Waals surface area contributed by atoms with Crippen LogP contribution >= 0.6 is 0 Å². The van der Waals surface area contributed by atoms with Crippen molar-refractivity contribution >= 4 is 5.97 Å². The Morgan fingerprint density at radius 3 is 2.59 bits per heavy atom. The lowest BCUT2D eigenvalue weighted by molar-refractivity contribution is 0.0734. The number of aromatic nitrogens is 2. The van der Waals surface area contributed by atoms with Crippen LogP contribution in [0, 0.1) is 18.3 Å². The Kier molecular flexibility index (Phi) is 5.32. The number of fused-ring (bicyclic) bond motifs is 1. The third-order valence-electron chi connectivity index (χ3n) is 5.69. The normalized spacial score (nSPS) is 14.6. The van der Waals surface area contributed by atoms with Crippen LogP contribution in [0.4, 0.5) is 0 Å². The number of aryl methyl sites for hydroxylation is 1. The van der Waals surface area contributed by atoms with Crippen LogP contribution in [0.2, 0.25) is 0 Å². The first-order valence-corrected chi connectivity index (χ1v) is 10.6. The average molecular weight is 448 g/mol. The summed E-state index contributed by atoms with van der Waals surface area (Å²) in [5, 5.41) is 17.3. The first-order valence-electron chi connectivity index (χ1n) is 10.6. The molecule has 3 aromatic carbocycles. The molecule has 0 amide bonds. The van der Waals surface area contributed by atoms with E-state index >= 15 is 0 Å². The number of nitrogens with one attached hydrogen (secondary N) is 1. The number of hydrogen-bond donors (Lipinski definition) is 2. The lowest BCUT2D eigenvalue weighted by atomic mass is 9.83. The highest BCUT2D eigenvalue weighted by atomic mass is 16.5. The summed E-state index contributed by atoms with van der Waals surface area (Å²) in [4.78, 5) is 12.6. The Morgan fingerprint density at radius 2 is 1.85 bits per heavy atom. The fraction of sp³-hybridized carbons (Fsp3) is 0.0741. The largest absolute Gasteiger partial charge is 0.423 e. The van der Waals surface area contributed by atoms with E-state index in [4.69, 9.17) is 15.2 Å². The highest BCUT2D eigenvalue weighted by Gasteiger charge is 2.35. The first-order chi connectivity index (χ1) is 16.5. The Labute approximate surface area is 196 Å². The Balaban J connectivity index is 1.58. The SMILES string of the molecule is Cc1ccc(-c2[nH]nc3c2[C@@H](c2cccc(OC(=O)c4ccccc4)c2)C(C#N)=C(N)O3)cc1. The van der Waals surface area contributed by atoms with Crippen LogP contribution in [-0.4, -0.2) is 16.2 Å². The van der Waals surface area contributed by atoms with Gasteiger partial charge in [-0.25, -0.2) is 4.79 Å². The predicted octanol–water partition coefficient (Wildman–Crippen LogP) is 4.82. The van der Waals surface area contributed by atoms with Gasteiger partial charge >= 0.3 is 5.97 Å². The van der Waals surface area contributed by atoms with E-state index < -0.39 is 11.9 Å². The Bertz CT molecular complexity index is 1450. The van der Waals surface area contributed by atoms with Gasteiger partial charge in [-0.1, -0.05) is 60.2 Å². The minimum Gasteiger partial charge on any atom is -0.423 e. The highest BCUT2D eigenvalue weighted by Crippen LogP contribution is 2.46. The molecule has 5 rings (SSSR count). The molecule has 1 aromatic heterocycles. The minimum atomic E-state index is -0.556. The smallest absolute Gasteiger partial charge is 0.343 e. The maximum absolute atomic E-state index is 12.6. The number of ether oxygens (including phenoxy) is 2. The Hall–Kier alpha value is -4.83. The molecule has 0 saturated carbocycles. The third-order valence-corrected chi connectivity index (χ3v) is 5.69. The van der Waals surface area contributed by atoms with E-state index in [2.05, 4.69) is 16.3 Å². The van der Waals surface area contributed by atoms with Gasteiger partial charge < -0.3 is 15.2 Å². The fourth-order valence-electron chi connectivity index (χ4n) is 4.02. The summed E-state index contributed by atoms with van der Waals surface area (Å²) in [7, 11) is 0. The van der Waals surface area contributed by atoms with Gasteiger partial charge in [-0.05, 0) is 36.8 Å². The molecule has 34 heavy (non-hydrogen) atoms. The number of allylic oxidation sites excluding steroid dienone is 1. The Morgan fingerprint density at radius 1 is 1.09 bits per heavy atom. The van der Waals surface area contributed by atoms with Crippen molar-refractivity contribution in [1.82, 2.24) is 10.2 Å². The number of hydrogen-bond acceptors (Lipinski definition) is 6. The zero-order valence-corrected chi connectivity index (χ0v) is 18.3. The second-order valence-corrected chi connectivity index (χ2v) is 7.94. The van der Waals surface area contributed by atoms with Gasteiger partial charge in [0.1, 0.15) is 17.4 Å². The molecule has 166 valence electrons. The summed E-state index contributed by atoms with van der Waals surface area (Å²) in [6, 6.07) is 26.0. The second kappa shape index (κ2) is 8.60. The molecule has 1 atom stereocenters. The average Bonchev–Trinajstić information content (AvgIpc) is 3.27. The number of nitrogens with zero attached hydrogens (tertiary/aromatic N) is 2. The van der Waals surface area contributed by atoms with Crippen LogP contribution in [0.5, 0.6) is 11.6 Å². The highest BCUT2D eigenvalue weighted by molar-refractivity contribution is 5.91. The van der Waals surface area contributed by atoms with Gasteiger partial charge in [0, 0.05) is 5.56 Å².